The van der Waals surface area contributed by atoms with Crippen molar-refractivity contribution in [1.82, 2.24) is 4.90 Å². The fourth-order valence-electron chi connectivity index (χ4n) is 4.44. The largest absolute Gasteiger partial charge is 0.463 e. The zero-order valence-electron chi connectivity index (χ0n) is 20.6. The van der Waals surface area contributed by atoms with E-state index in [0.717, 1.165) is 16.7 Å². The summed E-state index contributed by atoms with van der Waals surface area (Å²) in [7, 11) is 0. The normalized spacial score (nSPS) is 20.3. The van der Waals surface area contributed by atoms with Crippen molar-refractivity contribution in [2.45, 2.75) is 58.0 Å². The zero-order chi connectivity index (χ0) is 25.4. The van der Waals surface area contributed by atoms with Gasteiger partial charge in [0.1, 0.15) is 12.0 Å². The highest BCUT2D eigenvalue weighted by molar-refractivity contribution is 5.87. The van der Waals surface area contributed by atoms with Crippen molar-refractivity contribution in [3.05, 3.63) is 76.6 Å². The molecule has 0 amide bonds. The van der Waals surface area contributed by atoms with E-state index in [1.165, 1.54) is 12.1 Å². The van der Waals surface area contributed by atoms with Crippen LogP contribution in [0.4, 0.5) is 8.78 Å². The lowest BCUT2D eigenvalue weighted by atomic mass is 10.0. The van der Waals surface area contributed by atoms with Crippen LogP contribution in [-0.4, -0.2) is 60.6 Å². The van der Waals surface area contributed by atoms with Gasteiger partial charge in [-0.2, -0.15) is 0 Å². The van der Waals surface area contributed by atoms with Crippen molar-refractivity contribution >= 4 is 12.0 Å². The van der Waals surface area contributed by atoms with E-state index in [2.05, 4.69) is 0 Å². The molecule has 190 valence electrons. The molecule has 1 aliphatic rings. The Bertz CT molecular complexity index is 1010. The van der Waals surface area contributed by atoms with Gasteiger partial charge in [0.15, 0.2) is 0 Å². The number of nitrogens with zero attached hydrogens (tertiary/aromatic N) is 1. The number of esters is 1. The number of aliphatic hydroxyl groups excluding tert-OH is 1. The monoisotopic (exact) mass is 487 g/mol. The number of ether oxygens (including phenoxy) is 2. The van der Waals surface area contributed by atoms with Gasteiger partial charge in [0.25, 0.3) is 0 Å². The molecule has 0 unspecified atom stereocenters. The van der Waals surface area contributed by atoms with Gasteiger partial charge >= 0.3 is 5.97 Å². The lowest BCUT2D eigenvalue weighted by Gasteiger charge is -2.27. The van der Waals surface area contributed by atoms with Crippen molar-refractivity contribution in [2.75, 3.05) is 26.3 Å². The summed E-state index contributed by atoms with van der Waals surface area (Å²) in [6, 6.07) is 12.6. The van der Waals surface area contributed by atoms with Crippen LogP contribution in [0.1, 0.15) is 48.6 Å². The molecule has 2 aromatic carbocycles. The number of carbonyl (C=O) groups excluding carboxylic acids is 1. The molecule has 2 aromatic rings. The van der Waals surface area contributed by atoms with Gasteiger partial charge in [-0.3, -0.25) is 4.90 Å². The Morgan fingerprint density at radius 1 is 1.29 bits per heavy atom. The molecule has 7 heteroatoms. The lowest BCUT2D eigenvalue weighted by molar-refractivity contribution is -0.137. The number of β-amino-alcohol motifs (C(OH)–C–C–N with tert-alkyl or cyclic N) is 1. The molecule has 4 atom stereocenters. The number of carbonyl (C=O) groups is 1. The summed E-state index contributed by atoms with van der Waals surface area (Å²) in [6.07, 6.45) is 1.86. The molecule has 1 N–H and O–H groups in total. The van der Waals surface area contributed by atoms with Crippen LogP contribution in [0.2, 0.25) is 0 Å². The number of alkyl halides is 1. The van der Waals surface area contributed by atoms with Crippen molar-refractivity contribution in [3.63, 3.8) is 0 Å². The fourth-order valence-corrected chi connectivity index (χ4v) is 4.44. The second-order valence-corrected chi connectivity index (χ2v) is 9.07. The summed E-state index contributed by atoms with van der Waals surface area (Å²) in [6.45, 7) is 6.25. The van der Waals surface area contributed by atoms with Crippen molar-refractivity contribution in [2.24, 2.45) is 0 Å². The van der Waals surface area contributed by atoms with Gasteiger partial charge in [-0.05, 0) is 68.0 Å². The molecule has 1 fully saturated rings. The first-order valence-electron chi connectivity index (χ1n) is 12.1. The Hall–Kier alpha value is -2.61. The van der Waals surface area contributed by atoms with Gasteiger partial charge in [-0.25, -0.2) is 13.6 Å². The molecule has 1 saturated heterocycles. The van der Waals surface area contributed by atoms with Crippen LogP contribution in [-0.2, 0) is 20.7 Å². The minimum atomic E-state index is -0.972. The highest BCUT2D eigenvalue weighted by atomic mass is 19.1. The van der Waals surface area contributed by atoms with Crippen LogP contribution >= 0.6 is 0 Å². The number of hydrogen-bond donors (Lipinski definition) is 1. The molecule has 3 rings (SSSR count). The van der Waals surface area contributed by atoms with Crippen LogP contribution in [0.5, 0.6) is 0 Å². The van der Waals surface area contributed by atoms with Crippen LogP contribution in [0, 0.1) is 12.7 Å². The lowest BCUT2D eigenvalue weighted by Crippen LogP contribution is -2.39. The molecule has 0 saturated carbocycles. The Labute approximate surface area is 206 Å². The van der Waals surface area contributed by atoms with Gasteiger partial charge in [0, 0.05) is 25.2 Å². The van der Waals surface area contributed by atoms with E-state index < -0.39 is 18.2 Å². The smallest absolute Gasteiger partial charge is 0.330 e. The van der Waals surface area contributed by atoms with Crippen molar-refractivity contribution in [1.29, 1.82) is 0 Å². The van der Waals surface area contributed by atoms with E-state index >= 15 is 0 Å². The molecule has 1 aliphatic heterocycles. The molecule has 0 spiro atoms. The second-order valence-electron chi connectivity index (χ2n) is 9.07. The second kappa shape index (κ2) is 12.9. The molecule has 0 bridgehead atoms. The fraction of sp³-hybridized carbons (Fsp3) is 0.464. The van der Waals surface area contributed by atoms with E-state index in [-0.39, 0.29) is 37.7 Å². The van der Waals surface area contributed by atoms with Crippen LogP contribution < -0.4 is 0 Å². The SMILES string of the molecule is CCOC(=O)/C=C/c1ccccc1[C@@H](C)OC[C@H](O)CN1C[C@H](F)C[C@H]1Cc1ccc(C)c(F)c1. The first-order valence-corrected chi connectivity index (χ1v) is 12.1. The van der Waals surface area contributed by atoms with Crippen molar-refractivity contribution in [3.8, 4) is 0 Å². The number of likely N-dealkylation sites (tertiary alicyclic amines) is 1. The highest BCUT2D eigenvalue weighted by Crippen LogP contribution is 2.26. The van der Waals surface area contributed by atoms with Crippen LogP contribution in [0.3, 0.4) is 0 Å². The maximum Gasteiger partial charge on any atom is 0.330 e. The van der Waals surface area contributed by atoms with Gasteiger partial charge in [0.05, 0.1) is 25.4 Å². The Balaban J connectivity index is 1.56. The summed E-state index contributed by atoms with van der Waals surface area (Å²) < 4.78 is 39.0. The molecule has 0 aliphatic carbocycles. The number of aliphatic hydroxyl groups is 1. The Morgan fingerprint density at radius 3 is 2.80 bits per heavy atom. The first-order chi connectivity index (χ1) is 16.8. The average Bonchev–Trinajstić information content (AvgIpc) is 3.17. The van der Waals surface area contributed by atoms with E-state index in [1.807, 2.05) is 42.2 Å². The minimum Gasteiger partial charge on any atom is -0.463 e. The highest BCUT2D eigenvalue weighted by Gasteiger charge is 2.33. The van der Waals surface area contributed by atoms with Crippen LogP contribution in [0.25, 0.3) is 6.08 Å². The third-order valence-electron chi connectivity index (χ3n) is 6.29. The number of aryl methyl sites for hydroxylation is 1. The summed E-state index contributed by atoms with van der Waals surface area (Å²) >= 11 is 0. The zero-order valence-corrected chi connectivity index (χ0v) is 20.6. The summed E-state index contributed by atoms with van der Waals surface area (Å²) in [5, 5.41) is 10.6. The Kier molecular flexibility index (Phi) is 9.95. The average molecular weight is 488 g/mol. The predicted octanol–water partition coefficient (Wildman–Crippen LogP) is 4.80. The van der Waals surface area contributed by atoms with Crippen LogP contribution in [0.15, 0.2) is 48.5 Å². The quantitative estimate of drug-likeness (QED) is 0.364. The molecule has 1 heterocycles. The van der Waals surface area contributed by atoms with Crippen molar-refractivity contribution < 1.29 is 28.2 Å². The number of benzene rings is 2. The third kappa shape index (κ3) is 7.95. The van der Waals surface area contributed by atoms with E-state index in [1.54, 1.807) is 26.0 Å². The van der Waals surface area contributed by atoms with Gasteiger partial charge in [0.2, 0.25) is 0 Å². The van der Waals surface area contributed by atoms with E-state index in [0.29, 0.717) is 25.0 Å². The van der Waals surface area contributed by atoms with E-state index in [4.69, 9.17) is 9.47 Å². The maximum atomic E-state index is 14.2. The summed E-state index contributed by atoms with van der Waals surface area (Å²) in [4.78, 5) is 13.6. The summed E-state index contributed by atoms with van der Waals surface area (Å²) in [5.74, 6) is -0.672. The maximum absolute atomic E-state index is 14.2. The topological polar surface area (TPSA) is 59.0 Å². The number of halogens is 2. The molecule has 0 aromatic heterocycles. The molecule has 5 nitrogen and oxygen atoms in total. The summed E-state index contributed by atoms with van der Waals surface area (Å²) in [5.41, 5.74) is 3.11. The van der Waals surface area contributed by atoms with E-state index in [9.17, 15) is 18.7 Å². The van der Waals surface area contributed by atoms with Gasteiger partial charge in [-0.15, -0.1) is 0 Å². The molecular weight excluding hydrogens is 452 g/mol. The molecule has 0 radical (unpaired) electrons. The standard InChI is InChI=1S/C28H35F2NO4/c1-4-34-28(33)12-11-22-7-5-6-8-26(22)20(3)35-18-25(32)17-31-16-23(29)15-24(31)13-21-10-9-19(2)27(30)14-21/h5-12,14,20,23-25,32H,4,13,15-18H2,1-3H3/b12-11+/t20-,23-,24-,25-/m1/s1. The van der Waals surface area contributed by atoms with Gasteiger partial charge < -0.3 is 14.6 Å². The van der Waals surface area contributed by atoms with Gasteiger partial charge in [-0.1, -0.05) is 36.4 Å². The first kappa shape index (κ1) is 27.0. The molecular formula is C28H35F2NO4. The number of rotatable bonds is 11. The number of hydrogen-bond acceptors (Lipinski definition) is 5. The Morgan fingerprint density at radius 2 is 2.06 bits per heavy atom. The minimum absolute atomic E-state index is 0.0798. The molecule has 35 heavy (non-hydrogen) atoms. The predicted molar refractivity (Wildman–Crippen MR) is 132 cm³/mol. The third-order valence-corrected chi connectivity index (χ3v) is 6.29.